The highest BCUT2D eigenvalue weighted by Crippen LogP contribution is 2.08. The first kappa shape index (κ1) is 22.3. The van der Waals surface area contributed by atoms with Crippen molar-refractivity contribution < 1.29 is 23.5 Å². The van der Waals surface area contributed by atoms with Gasteiger partial charge in [0, 0.05) is 18.2 Å². The van der Waals surface area contributed by atoms with Crippen LogP contribution in [0.2, 0.25) is 0 Å². The molecule has 0 fully saturated rings. The van der Waals surface area contributed by atoms with Crippen LogP contribution in [0.5, 0.6) is 0 Å². The zero-order valence-electron chi connectivity index (χ0n) is 17.2. The molecular weight excluding hydrogens is 384 g/mol. The van der Waals surface area contributed by atoms with E-state index in [4.69, 9.17) is 9.15 Å². The molecule has 0 aliphatic rings. The van der Waals surface area contributed by atoms with Crippen LogP contribution in [-0.2, 0) is 9.53 Å². The molecule has 0 saturated heterocycles. The van der Waals surface area contributed by atoms with Gasteiger partial charge in [0.1, 0.15) is 6.04 Å². The first-order valence-corrected chi connectivity index (χ1v) is 9.18. The maximum Gasteiger partial charge on any atom is 0.328 e. The smallest absolute Gasteiger partial charge is 0.328 e. The van der Waals surface area contributed by atoms with E-state index in [0.717, 1.165) is 0 Å². The fourth-order valence-corrected chi connectivity index (χ4v) is 2.40. The highest BCUT2D eigenvalue weighted by Gasteiger charge is 2.25. The van der Waals surface area contributed by atoms with E-state index in [-0.39, 0.29) is 23.5 Å². The molecule has 30 heavy (non-hydrogen) atoms. The molecule has 0 bridgehead atoms. The Bertz CT molecular complexity index is 1040. The average Bonchev–Trinajstić information content (AvgIpc) is 3.23. The summed E-state index contributed by atoms with van der Waals surface area (Å²) in [5.74, 6) is 10.1. The fourth-order valence-electron chi connectivity index (χ4n) is 2.40. The van der Waals surface area contributed by atoms with Crippen molar-refractivity contribution in [2.24, 2.45) is 5.92 Å². The lowest BCUT2D eigenvalue weighted by Gasteiger charge is -2.19. The van der Waals surface area contributed by atoms with Crippen LogP contribution in [0.15, 0.2) is 40.8 Å². The van der Waals surface area contributed by atoms with Gasteiger partial charge in [-0.15, -0.1) is 0 Å². The Hall–Kier alpha value is -3.97. The third-order valence-electron chi connectivity index (χ3n) is 4.07. The first-order valence-electron chi connectivity index (χ1n) is 9.18. The third kappa shape index (κ3) is 6.02. The summed E-state index contributed by atoms with van der Waals surface area (Å²) in [6, 6.07) is 9.00. The summed E-state index contributed by atoms with van der Waals surface area (Å²) in [5, 5.41) is 5.14. The van der Waals surface area contributed by atoms with Crippen LogP contribution in [0, 0.1) is 29.6 Å². The lowest BCUT2D eigenvalue weighted by Crippen LogP contribution is -2.45. The molecule has 7 nitrogen and oxygen atoms in total. The number of amides is 2. The molecule has 1 aromatic carbocycles. The molecule has 2 amide bonds. The van der Waals surface area contributed by atoms with Crippen molar-refractivity contribution in [3.8, 4) is 23.7 Å². The maximum atomic E-state index is 12.4. The second-order valence-electron chi connectivity index (χ2n) is 6.54. The van der Waals surface area contributed by atoms with Crippen LogP contribution >= 0.6 is 0 Å². The van der Waals surface area contributed by atoms with Crippen LogP contribution in [0.4, 0.5) is 0 Å². The Morgan fingerprint density at radius 2 is 1.63 bits per heavy atom. The summed E-state index contributed by atoms with van der Waals surface area (Å²) < 4.78 is 10.00. The number of methoxy groups -OCH3 is 1. The molecule has 1 atom stereocenters. The van der Waals surface area contributed by atoms with Crippen LogP contribution in [-0.4, -0.2) is 38.0 Å². The number of hydrogen-bond acceptors (Lipinski definition) is 5. The van der Waals surface area contributed by atoms with Crippen LogP contribution in [0.1, 0.15) is 46.1 Å². The van der Waals surface area contributed by atoms with Crippen molar-refractivity contribution in [1.82, 2.24) is 10.6 Å². The summed E-state index contributed by atoms with van der Waals surface area (Å²) in [7, 11) is 2.80. The quantitative estimate of drug-likeness (QED) is 0.585. The second-order valence-corrected chi connectivity index (χ2v) is 6.54. The van der Waals surface area contributed by atoms with E-state index in [2.05, 4.69) is 34.3 Å². The third-order valence-corrected chi connectivity index (χ3v) is 4.07. The first-order chi connectivity index (χ1) is 14.3. The molecule has 7 heteroatoms. The van der Waals surface area contributed by atoms with Gasteiger partial charge < -0.3 is 19.8 Å². The van der Waals surface area contributed by atoms with Crippen LogP contribution < -0.4 is 10.6 Å². The number of rotatable bonds is 5. The molecule has 0 aliphatic carbocycles. The van der Waals surface area contributed by atoms with Gasteiger partial charge in [-0.1, -0.05) is 19.8 Å². The maximum absolute atomic E-state index is 12.4. The predicted molar refractivity (Wildman–Crippen MR) is 110 cm³/mol. The number of carbonyl (C=O) groups excluding carboxylic acids is 3. The van der Waals surface area contributed by atoms with Crippen molar-refractivity contribution in [2.75, 3.05) is 14.2 Å². The molecule has 0 radical (unpaired) electrons. The van der Waals surface area contributed by atoms with E-state index in [1.54, 1.807) is 30.3 Å². The standard InChI is InChI=1S/C23H22N2O5/c1-15(2)20(23(28)29-4)25-21(26)17-11-9-16(10-12-17)7-5-6-8-18-13-14-19(30-18)22(27)24-3/h9-15,20H,1-4H3,(H,24,27)(H,25,26)/t20-/m0/s1. The summed E-state index contributed by atoms with van der Waals surface area (Å²) >= 11 is 0. The average molecular weight is 406 g/mol. The molecule has 0 saturated carbocycles. The van der Waals surface area contributed by atoms with Gasteiger partial charge in [0.2, 0.25) is 0 Å². The largest absolute Gasteiger partial charge is 0.467 e. The molecule has 2 N–H and O–H groups in total. The number of furan rings is 1. The summed E-state index contributed by atoms with van der Waals surface area (Å²) in [6.07, 6.45) is 0. The lowest BCUT2D eigenvalue weighted by atomic mass is 10.0. The molecule has 2 rings (SSSR count). The molecule has 0 aliphatic heterocycles. The highest BCUT2D eigenvalue weighted by molar-refractivity contribution is 5.97. The van der Waals surface area contributed by atoms with Crippen molar-refractivity contribution in [2.45, 2.75) is 19.9 Å². The van der Waals surface area contributed by atoms with Gasteiger partial charge in [-0.05, 0) is 60.1 Å². The van der Waals surface area contributed by atoms with E-state index in [1.165, 1.54) is 20.2 Å². The van der Waals surface area contributed by atoms with Gasteiger partial charge in [0.15, 0.2) is 11.5 Å². The van der Waals surface area contributed by atoms with Crippen molar-refractivity contribution >= 4 is 17.8 Å². The van der Waals surface area contributed by atoms with Crippen LogP contribution in [0.25, 0.3) is 0 Å². The Kier molecular flexibility index (Phi) is 7.84. The van der Waals surface area contributed by atoms with Crippen molar-refractivity contribution in [1.29, 1.82) is 0 Å². The molecule has 154 valence electrons. The molecule has 1 aromatic heterocycles. The Labute approximate surface area is 175 Å². The molecular formula is C23H22N2O5. The van der Waals surface area contributed by atoms with Gasteiger partial charge in [0.25, 0.3) is 11.8 Å². The second kappa shape index (κ2) is 10.5. The minimum absolute atomic E-state index is 0.105. The van der Waals surface area contributed by atoms with E-state index in [9.17, 15) is 14.4 Å². The molecule has 0 spiro atoms. The number of ether oxygens (including phenoxy) is 1. The number of carbonyl (C=O) groups is 3. The SMILES string of the molecule is CNC(=O)c1ccc(C#CC#Cc2ccc(C(=O)N[C@H](C(=O)OC)C(C)C)cc2)o1. The van der Waals surface area contributed by atoms with E-state index >= 15 is 0 Å². The number of esters is 1. The van der Waals surface area contributed by atoms with Gasteiger partial charge in [-0.2, -0.15) is 0 Å². The Balaban J connectivity index is 2.02. The van der Waals surface area contributed by atoms with Gasteiger partial charge in [0.05, 0.1) is 7.11 Å². The molecule has 1 heterocycles. The van der Waals surface area contributed by atoms with Gasteiger partial charge in [-0.3, -0.25) is 9.59 Å². The number of hydrogen-bond donors (Lipinski definition) is 2. The zero-order valence-corrected chi connectivity index (χ0v) is 17.2. The van der Waals surface area contributed by atoms with Gasteiger partial charge >= 0.3 is 5.97 Å². The Morgan fingerprint density at radius 3 is 2.23 bits per heavy atom. The minimum Gasteiger partial charge on any atom is -0.467 e. The lowest BCUT2D eigenvalue weighted by molar-refractivity contribution is -0.144. The monoisotopic (exact) mass is 406 g/mol. The van der Waals surface area contributed by atoms with E-state index in [0.29, 0.717) is 16.9 Å². The number of benzene rings is 1. The minimum atomic E-state index is -0.720. The summed E-state index contributed by atoms with van der Waals surface area (Å²) in [6.45, 7) is 3.65. The topological polar surface area (TPSA) is 97.6 Å². The highest BCUT2D eigenvalue weighted by atomic mass is 16.5. The normalized spacial score (nSPS) is 10.7. The van der Waals surface area contributed by atoms with Crippen molar-refractivity contribution in [3.05, 3.63) is 59.0 Å². The zero-order chi connectivity index (χ0) is 22.1. The summed E-state index contributed by atoms with van der Waals surface area (Å²) in [4.78, 5) is 35.6. The van der Waals surface area contributed by atoms with E-state index < -0.39 is 12.0 Å². The molecule has 2 aromatic rings. The van der Waals surface area contributed by atoms with E-state index in [1.807, 2.05) is 13.8 Å². The predicted octanol–water partition coefficient (Wildman–Crippen LogP) is 1.97. The number of nitrogens with one attached hydrogen (secondary N) is 2. The summed E-state index contributed by atoms with van der Waals surface area (Å²) in [5.41, 5.74) is 1.07. The van der Waals surface area contributed by atoms with Crippen molar-refractivity contribution in [3.63, 3.8) is 0 Å². The van der Waals surface area contributed by atoms with Gasteiger partial charge in [-0.25, -0.2) is 4.79 Å². The Morgan fingerprint density at radius 1 is 0.967 bits per heavy atom. The van der Waals surface area contributed by atoms with Crippen LogP contribution in [0.3, 0.4) is 0 Å². The fraction of sp³-hybridized carbons (Fsp3) is 0.261. The molecule has 0 unspecified atom stereocenters.